The molecule has 0 bridgehead atoms. The molecular weight excluding hydrogens is 216 g/mol. The molecule has 2 rings (SSSR count). The maximum absolute atomic E-state index is 11.7. The third-order valence-electron chi connectivity index (χ3n) is 3.04. The molecule has 0 heterocycles. The number of aliphatic hydroxyl groups is 1. The van der Waals surface area contributed by atoms with Crippen LogP contribution in [0.1, 0.15) is 28.8 Å². The summed E-state index contributed by atoms with van der Waals surface area (Å²) in [5, 5.41) is 20.6. The van der Waals surface area contributed by atoms with Crippen LogP contribution in [-0.4, -0.2) is 23.7 Å². The molecule has 0 aliphatic heterocycles. The summed E-state index contributed by atoms with van der Waals surface area (Å²) in [6, 6.07) is 8.55. The molecule has 1 aliphatic carbocycles. The van der Waals surface area contributed by atoms with E-state index in [1.165, 1.54) is 0 Å². The molecule has 4 nitrogen and oxygen atoms in total. The fraction of sp³-hybridized carbons (Fsp3) is 0.385. The van der Waals surface area contributed by atoms with Gasteiger partial charge in [0.05, 0.1) is 17.7 Å². The minimum absolute atomic E-state index is 0.129. The van der Waals surface area contributed by atoms with Crippen LogP contribution in [0, 0.1) is 17.2 Å². The smallest absolute Gasteiger partial charge is 0.251 e. The molecule has 0 saturated heterocycles. The zero-order valence-electron chi connectivity index (χ0n) is 9.39. The number of carbonyl (C=O) groups is 1. The van der Waals surface area contributed by atoms with E-state index in [0.29, 0.717) is 23.6 Å². The van der Waals surface area contributed by atoms with Gasteiger partial charge in [0, 0.05) is 12.1 Å². The van der Waals surface area contributed by atoms with E-state index in [1.54, 1.807) is 24.3 Å². The molecule has 1 aliphatic rings. The Morgan fingerprint density at radius 1 is 1.41 bits per heavy atom. The van der Waals surface area contributed by atoms with E-state index < -0.39 is 0 Å². The number of hydrogen-bond acceptors (Lipinski definition) is 3. The lowest BCUT2D eigenvalue weighted by atomic mass is 9.82. The average Bonchev–Trinajstić information content (AvgIpc) is 2.33. The number of nitrogens with zero attached hydrogens (tertiary/aromatic N) is 1. The van der Waals surface area contributed by atoms with Gasteiger partial charge >= 0.3 is 0 Å². The second-order valence-electron chi connectivity index (χ2n) is 4.39. The predicted molar refractivity (Wildman–Crippen MR) is 62.2 cm³/mol. The van der Waals surface area contributed by atoms with Gasteiger partial charge in [-0.15, -0.1) is 0 Å². The highest BCUT2D eigenvalue weighted by Gasteiger charge is 2.27. The Morgan fingerprint density at radius 3 is 2.59 bits per heavy atom. The van der Waals surface area contributed by atoms with Gasteiger partial charge in [-0.1, -0.05) is 0 Å². The van der Waals surface area contributed by atoms with E-state index in [1.807, 2.05) is 6.07 Å². The first-order valence-electron chi connectivity index (χ1n) is 5.65. The van der Waals surface area contributed by atoms with Crippen LogP contribution >= 0.6 is 0 Å². The highest BCUT2D eigenvalue weighted by molar-refractivity contribution is 5.94. The molecule has 2 N–H and O–H groups in total. The molecule has 1 aromatic carbocycles. The Kier molecular flexibility index (Phi) is 3.40. The first-order valence-corrected chi connectivity index (χ1v) is 5.65. The zero-order valence-corrected chi connectivity index (χ0v) is 9.39. The highest BCUT2D eigenvalue weighted by Crippen LogP contribution is 2.26. The Hall–Kier alpha value is -1.86. The molecule has 1 amide bonds. The number of hydrogen-bond donors (Lipinski definition) is 2. The summed E-state index contributed by atoms with van der Waals surface area (Å²) in [6.45, 7) is 0.607. The van der Waals surface area contributed by atoms with Crippen LogP contribution in [0.3, 0.4) is 0 Å². The van der Waals surface area contributed by atoms with E-state index >= 15 is 0 Å². The molecule has 1 aromatic rings. The van der Waals surface area contributed by atoms with E-state index in [-0.39, 0.29) is 12.0 Å². The number of rotatable bonds is 3. The Balaban J connectivity index is 1.84. The number of nitrogens with one attached hydrogen (secondary N) is 1. The summed E-state index contributed by atoms with van der Waals surface area (Å²) < 4.78 is 0. The first kappa shape index (κ1) is 11.6. The molecular formula is C13H14N2O2. The van der Waals surface area contributed by atoms with Crippen molar-refractivity contribution in [1.29, 1.82) is 5.26 Å². The monoisotopic (exact) mass is 230 g/mol. The molecule has 0 aromatic heterocycles. The van der Waals surface area contributed by atoms with Gasteiger partial charge in [0.15, 0.2) is 0 Å². The Morgan fingerprint density at radius 2 is 2.06 bits per heavy atom. The van der Waals surface area contributed by atoms with Crippen LogP contribution in [0.2, 0.25) is 0 Å². The molecule has 0 atom stereocenters. The van der Waals surface area contributed by atoms with Crippen molar-refractivity contribution in [2.24, 2.45) is 5.92 Å². The number of carbonyl (C=O) groups excluding carboxylic acids is 1. The van der Waals surface area contributed by atoms with Gasteiger partial charge in [0.2, 0.25) is 0 Å². The predicted octanol–water partition coefficient (Wildman–Crippen LogP) is 1.06. The van der Waals surface area contributed by atoms with Crippen molar-refractivity contribution in [3.63, 3.8) is 0 Å². The maximum Gasteiger partial charge on any atom is 0.251 e. The van der Waals surface area contributed by atoms with Crippen LogP contribution < -0.4 is 5.32 Å². The van der Waals surface area contributed by atoms with Gasteiger partial charge in [-0.05, 0) is 43.0 Å². The van der Waals surface area contributed by atoms with E-state index in [0.717, 1.165) is 12.8 Å². The summed E-state index contributed by atoms with van der Waals surface area (Å²) in [7, 11) is 0. The van der Waals surface area contributed by atoms with E-state index in [4.69, 9.17) is 10.4 Å². The average molecular weight is 230 g/mol. The Bertz CT molecular complexity index is 441. The molecule has 4 heteroatoms. The van der Waals surface area contributed by atoms with Crippen LogP contribution in [-0.2, 0) is 0 Å². The quantitative estimate of drug-likeness (QED) is 0.815. The van der Waals surface area contributed by atoms with Crippen LogP contribution in [0.4, 0.5) is 0 Å². The molecule has 0 unspecified atom stereocenters. The van der Waals surface area contributed by atoms with E-state index in [2.05, 4.69) is 5.32 Å². The minimum atomic E-state index is -0.188. The Labute approximate surface area is 99.9 Å². The minimum Gasteiger partial charge on any atom is -0.393 e. The molecule has 0 radical (unpaired) electrons. The van der Waals surface area contributed by atoms with Crippen molar-refractivity contribution in [3.8, 4) is 6.07 Å². The molecule has 17 heavy (non-hydrogen) atoms. The number of nitriles is 1. The number of aliphatic hydroxyl groups excluding tert-OH is 1. The fourth-order valence-electron chi connectivity index (χ4n) is 1.90. The van der Waals surface area contributed by atoms with Gasteiger partial charge in [-0.2, -0.15) is 5.26 Å². The van der Waals surface area contributed by atoms with Crippen molar-refractivity contribution in [2.45, 2.75) is 18.9 Å². The van der Waals surface area contributed by atoms with Crippen molar-refractivity contribution in [1.82, 2.24) is 5.32 Å². The van der Waals surface area contributed by atoms with Crippen LogP contribution in [0.5, 0.6) is 0 Å². The third-order valence-corrected chi connectivity index (χ3v) is 3.04. The first-order chi connectivity index (χ1) is 8.19. The van der Waals surface area contributed by atoms with Gasteiger partial charge < -0.3 is 10.4 Å². The summed E-state index contributed by atoms with van der Waals surface area (Å²) in [4.78, 5) is 11.7. The van der Waals surface area contributed by atoms with Gasteiger partial charge in [0.25, 0.3) is 5.91 Å². The third kappa shape index (κ3) is 2.83. The van der Waals surface area contributed by atoms with Crippen LogP contribution in [0.25, 0.3) is 0 Å². The SMILES string of the molecule is N#Cc1ccc(C(=O)NCC2CC(O)C2)cc1. The maximum atomic E-state index is 11.7. The largest absolute Gasteiger partial charge is 0.393 e. The normalized spacial score (nSPS) is 22.4. The molecule has 1 fully saturated rings. The lowest BCUT2D eigenvalue weighted by Gasteiger charge is -2.31. The van der Waals surface area contributed by atoms with Crippen molar-refractivity contribution < 1.29 is 9.90 Å². The lowest BCUT2D eigenvalue weighted by Crippen LogP contribution is -2.38. The second-order valence-corrected chi connectivity index (χ2v) is 4.39. The molecule has 1 saturated carbocycles. The topological polar surface area (TPSA) is 73.1 Å². The summed E-state index contributed by atoms with van der Waals surface area (Å²) in [6.07, 6.45) is 1.35. The molecule has 0 spiro atoms. The van der Waals surface area contributed by atoms with Crippen molar-refractivity contribution in [3.05, 3.63) is 35.4 Å². The zero-order chi connectivity index (χ0) is 12.3. The standard InChI is InChI=1S/C13H14N2O2/c14-7-9-1-3-11(4-2-9)13(17)15-8-10-5-12(16)6-10/h1-4,10,12,16H,5-6,8H2,(H,15,17). The number of amides is 1. The van der Waals surface area contributed by atoms with Gasteiger partial charge in [-0.25, -0.2) is 0 Å². The van der Waals surface area contributed by atoms with Gasteiger partial charge in [-0.3, -0.25) is 4.79 Å². The van der Waals surface area contributed by atoms with Gasteiger partial charge in [0.1, 0.15) is 0 Å². The second kappa shape index (κ2) is 4.98. The molecule has 88 valence electrons. The fourth-order valence-corrected chi connectivity index (χ4v) is 1.90. The summed E-state index contributed by atoms with van der Waals surface area (Å²) in [5.41, 5.74) is 1.10. The number of benzene rings is 1. The van der Waals surface area contributed by atoms with Crippen molar-refractivity contribution in [2.75, 3.05) is 6.54 Å². The van der Waals surface area contributed by atoms with E-state index in [9.17, 15) is 4.79 Å². The van der Waals surface area contributed by atoms with Crippen LogP contribution in [0.15, 0.2) is 24.3 Å². The summed E-state index contributed by atoms with van der Waals surface area (Å²) in [5.74, 6) is 0.267. The lowest BCUT2D eigenvalue weighted by molar-refractivity contribution is 0.0420. The summed E-state index contributed by atoms with van der Waals surface area (Å²) >= 11 is 0. The highest BCUT2D eigenvalue weighted by atomic mass is 16.3. The van der Waals surface area contributed by atoms with Crippen molar-refractivity contribution >= 4 is 5.91 Å².